The molecule has 2 rings (SSSR count). The first-order valence-corrected chi connectivity index (χ1v) is 7.06. The lowest BCUT2D eigenvalue weighted by Crippen LogP contribution is -2.11. The van der Waals surface area contributed by atoms with Crippen LogP contribution >= 0.6 is 28.1 Å². The van der Waals surface area contributed by atoms with E-state index in [2.05, 4.69) is 26.1 Å². The molecule has 1 N–H and O–H groups in total. The predicted molar refractivity (Wildman–Crippen MR) is 77.4 cm³/mol. The number of methoxy groups -OCH3 is 1. The molecule has 4 nitrogen and oxygen atoms in total. The van der Waals surface area contributed by atoms with Crippen molar-refractivity contribution < 1.29 is 17.9 Å². The number of alkyl halides is 3. The highest BCUT2D eigenvalue weighted by atomic mass is 79.9. The van der Waals surface area contributed by atoms with Gasteiger partial charge in [0.15, 0.2) is 10.6 Å². The van der Waals surface area contributed by atoms with Gasteiger partial charge in [-0.05, 0) is 30.4 Å². The highest BCUT2D eigenvalue weighted by Crippen LogP contribution is 2.38. The number of hydrogen-bond donors (Lipinski definition) is 1. The summed E-state index contributed by atoms with van der Waals surface area (Å²) in [5, 5.41) is 6.44. The molecule has 0 bridgehead atoms. The van der Waals surface area contributed by atoms with Crippen LogP contribution in [-0.4, -0.2) is 28.5 Å². The Bertz CT molecular complexity index is 696. The summed E-state index contributed by atoms with van der Waals surface area (Å²) in [6.07, 6.45) is -4.49. The molecule has 2 aromatic rings. The van der Waals surface area contributed by atoms with Crippen molar-refractivity contribution >= 4 is 28.1 Å². The summed E-state index contributed by atoms with van der Waals surface area (Å²) in [4.78, 5) is 0. The van der Waals surface area contributed by atoms with Gasteiger partial charge in [0.25, 0.3) is 0 Å². The molecule has 0 aliphatic heterocycles. The third-order valence-corrected chi connectivity index (χ3v) is 3.61. The Balaban J connectivity index is 2.60. The Hall–Kier alpha value is -1.19. The van der Waals surface area contributed by atoms with Crippen LogP contribution in [0.2, 0.25) is 0 Å². The Kier molecular flexibility index (Phi) is 4.84. The van der Waals surface area contributed by atoms with E-state index in [4.69, 9.17) is 17.0 Å². The number of H-pyrrole nitrogens is 1. The van der Waals surface area contributed by atoms with Crippen molar-refractivity contribution in [2.75, 3.05) is 13.7 Å². The summed E-state index contributed by atoms with van der Waals surface area (Å²) < 4.78 is 46.6. The first-order chi connectivity index (χ1) is 9.84. The molecule has 0 saturated carbocycles. The second-order valence-electron chi connectivity index (χ2n) is 4.18. The number of halogens is 4. The van der Waals surface area contributed by atoms with Crippen LogP contribution in [0.5, 0.6) is 0 Å². The fraction of sp³-hybridized carbons (Fsp3) is 0.333. The van der Waals surface area contributed by atoms with Gasteiger partial charge in [0.05, 0.1) is 18.7 Å². The number of nitrogens with zero attached hydrogens (tertiary/aromatic N) is 2. The number of hydrogen-bond acceptors (Lipinski definition) is 3. The largest absolute Gasteiger partial charge is 0.417 e. The van der Waals surface area contributed by atoms with Crippen LogP contribution in [0.15, 0.2) is 22.7 Å². The van der Waals surface area contributed by atoms with Gasteiger partial charge in [0.1, 0.15) is 0 Å². The topological polar surface area (TPSA) is 42.8 Å². The molecule has 0 spiro atoms. The smallest absolute Gasteiger partial charge is 0.383 e. The molecule has 0 fully saturated rings. The van der Waals surface area contributed by atoms with Crippen LogP contribution in [-0.2, 0) is 17.5 Å². The highest BCUT2D eigenvalue weighted by molar-refractivity contribution is 9.10. The molecule has 0 amide bonds. The van der Waals surface area contributed by atoms with Gasteiger partial charge >= 0.3 is 6.18 Å². The van der Waals surface area contributed by atoms with Gasteiger partial charge in [-0.1, -0.05) is 15.9 Å². The number of aromatic amines is 1. The van der Waals surface area contributed by atoms with Crippen LogP contribution in [0, 0.1) is 4.77 Å². The molecule has 0 unspecified atom stereocenters. The monoisotopic (exact) mass is 381 g/mol. The Labute approximate surface area is 132 Å². The zero-order chi connectivity index (χ0) is 15.6. The molecule has 114 valence electrons. The number of nitrogens with one attached hydrogen (secondary N) is 1. The van der Waals surface area contributed by atoms with Crippen LogP contribution in [0.4, 0.5) is 13.2 Å². The summed E-state index contributed by atoms with van der Waals surface area (Å²) in [7, 11) is 1.50. The van der Waals surface area contributed by atoms with E-state index in [1.807, 2.05) is 0 Å². The van der Waals surface area contributed by atoms with Crippen molar-refractivity contribution in [1.29, 1.82) is 0 Å². The van der Waals surface area contributed by atoms with E-state index in [1.165, 1.54) is 23.8 Å². The van der Waals surface area contributed by atoms with Crippen LogP contribution in [0.1, 0.15) is 5.56 Å². The van der Waals surface area contributed by atoms with Crippen molar-refractivity contribution in [2.45, 2.75) is 12.7 Å². The maximum absolute atomic E-state index is 13.2. The van der Waals surface area contributed by atoms with E-state index in [0.29, 0.717) is 17.6 Å². The molecule has 21 heavy (non-hydrogen) atoms. The minimum Gasteiger partial charge on any atom is -0.383 e. The lowest BCUT2D eigenvalue weighted by molar-refractivity contribution is -0.137. The zero-order valence-electron chi connectivity index (χ0n) is 10.9. The van der Waals surface area contributed by atoms with Crippen LogP contribution in [0.3, 0.4) is 0 Å². The van der Waals surface area contributed by atoms with Crippen molar-refractivity contribution in [1.82, 2.24) is 14.8 Å². The Morgan fingerprint density at radius 2 is 2.14 bits per heavy atom. The maximum atomic E-state index is 13.2. The minimum absolute atomic E-state index is 0.0332. The maximum Gasteiger partial charge on any atom is 0.417 e. The van der Waals surface area contributed by atoms with Crippen molar-refractivity contribution in [3.63, 3.8) is 0 Å². The standard InChI is InChI=1S/C12H11BrF3N3OS/c1-20-5-4-19-10(17-18-11(19)21)8-3-2-7(13)6-9(8)12(14,15)16/h2-3,6H,4-5H2,1H3,(H,18,21). The first-order valence-electron chi connectivity index (χ1n) is 5.86. The van der Waals surface area contributed by atoms with E-state index in [0.717, 1.165) is 6.07 Å². The first kappa shape index (κ1) is 16.2. The fourth-order valence-corrected chi connectivity index (χ4v) is 2.44. The second kappa shape index (κ2) is 6.29. The lowest BCUT2D eigenvalue weighted by atomic mass is 10.1. The molecule has 1 aromatic heterocycles. The van der Waals surface area contributed by atoms with Crippen molar-refractivity contribution in [2.24, 2.45) is 0 Å². The van der Waals surface area contributed by atoms with Gasteiger partial charge in [-0.15, -0.1) is 0 Å². The molecular formula is C12H11BrF3N3OS. The second-order valence-corrected chi connectivity index (χ2v) is 5.49. The molecule has 1 aromatic carbocycles. The Morgan fingerprint density at radius 1 is 1.43 bits per heavy atom. The summed E-state index contributed by atoms with van der Waals surface area (Å²) in [5.74, 6) is 0.136. The number of rotatable bonds is 4. The molecule has 9 heteroatoms. The molecule has 0 atom stereocenters. The van der Waals surface area contributed by atoms with Gasteiger partial charge < -0.3 is 4.74 Å². The quantitative estimate of drug-likeness (QED) is 0.812. The van der Waals surface area contributed by atoms with Crippen LogP contribution in [0.25, 0.3) is 11.4 Å². The summed E-state index contributed by atoms with van der Waals surface area (Å²) in [6, 6.07) is 3.91. The lowest BCUT2D eigenvalue weighted by Gasteiger charge is -2.13. The molecule has 0 aliphatic rings. The minimum atomic E-state index is -4.49. The zero-order valence-corrected chi connectivity index (χ0v) is 13.3. The fourth-order valence-electron chi connectivity index (χ4n) is 1.86. The molecule has 1 heterocycles. The SMILES string of the molecule is COCCn1c(-c2ccc(Br)cc2C(F)(F)F)n[nH]c1=S. The van der Waals surface area contributed by atoms with E-state index in [9.17, 15) is 13.2 Å². The van der Waals surface area contributed by atoms with Crippen molar-refractivity contribution in [3.05, 3.63) is 33.0 Å². The Morgan fingerprint density at radius 3 is 2.76 bits per heavy atom. The predicted octanol–water partition coefficient (Wildman–Crippen LogP) is 4.04. The number of aromatic nitrogens is 3. The van der Waals surface area contributed by atoms with Gasteiger partial charge in [-0.2, -0.15) is 18.3 Å². The summed E-state index contributed by atoms with van der Waals surface area (Å²) in [5.41, 5.74) is -0.807. The van der Waals surface area contributed by atoms with E-state index in [-0.39, 0.29) is 16.2 Å². The average Bonchev–Trinajstić information content (AvgIpc) is 2.76. The van der Waals surface area contributed by atoms with Crippen LogP contribution < -0.4 is 0 Å². The molecule has 0 radical (unpaired) electrons. The van der Waals surface area contributed by atoms with Crippen molar-refractivity contribution in [3.8, 4) is 11.4 Å². The third-order valence-electron chi connectivity index (χ3n) is 2.81. The van der Waals surface area contributed by atoms with Gasteiger partial charge in [0.2, 0.25) is 0 Å². The highest BCUT2D eigenvalue weighted by Gasteiger charge is 2.35. The average molecular weight is 382 g/mol. The summed E-state index contributed by atoms with van der Waals surface area (Å²) >= 11 is 8.10. The summed E-state index contributed by atoms with van der Waals surface area (Å²) in [6.45, 7) is 0.632. The van der Waals surface area contributed by atoms with Gasteiger partial charge in [-0.25, -0.2) is 0 Å². The molecular weight excluding hydrogens is 371 g/mol. The van der Waals surface area contributed by atoms with Gasteiger partial charge in [-0.3, -0.25) is 9.67 Å². The third kappa shape index (κ3) is 3.53. The number of ether oxygens (including phenoxy) is 1. The van der Waals surface area contributed by atoms with E-state index >= 15 is 0 Å². The van der Waals surface area contributed by atoms with E-state index in [1.54, 1.807) is 0 Å². The van der Waals surface area contributed by atoms with E-state index < -0.39 is 11.7 Å². The molecule has 0 saturated heterocycles. The normalized spacial score (nSPS) is 11.9. The molecule has 0 aliphatic carbocycles. The number of benzene rings is 1. The van der Waals surface area contributed by atoms with Gasteiger partial charge in [0, 0.05) is 17.1 Å².